The van der Waals surface area contributed by atoms with Crippen LogP contribution in [0.1, 0.15) is 20.3 Å². The van der Waals surface area contributed by atoms with E-state index in [2.05, 4.69) is 0 Å². The molecule has 0 aromatic heterocycles. The van der Waals surface area contributed by atoms with E-state index in [-0.39, 0.29) is 24.4 Å². The molecule has 86 valence electrons. The first-order chi connectivity index (χ1) is 7.10. The molecule has 0 bridgehead atoms. The molecule has 1 atom stereocenters. The van der Waals surface area contributed by atoms with E-state index in [1.54, 1.807) is 9.80 Å². The average molecular weight is 213 g/mol. The third kappa shape index (κ3) is 2.68. The maximum atomic E-state index is 11.7. The highest BCUT2D eigenvalue weighted by Crippen LogP contribution is 2.08. The van der Waals surface area contributed by atoms with Crippen LogP contribution in [0, 0.1) is 0 Å². The van der Waals surface area contributed by atoms with Crippen LogP contribution < -0.4 is 5.73 Å². The molecule has 0 saturated carbocycles. The maximum absolute atomic E-state index is 11.7. The number of hydrogen-bond donors (Lipinski definition) is 1. The van der Waals surface area contributed by atoms with Crippen molar-refractivity contribution in [3.05, 3.63) is 0 Å². The fourth-order valence-corrected chi connectivity index (χ4v) is 1.70. The van der Waals surface area contributed by atoms with Crippen LogP contribution in [0.25, 0.3) is 0 Å². The molecule has 0 aromatic rings. The Morgan fingerprint density at radius 1 is 1.40 bits per heavy atom. The van der Waals surface area contributed by atoms with Gasteiger partial charge in [0.2, 0.25) is 11.8 Å². The average Bonchev–Trinajstić information content (AvgIpc) is 2.38. The van der Waals surface area contributed by atoms with E-state index in [1.807, 2.05) is 13.8 Å². The quantitative estimate of drug-likeness (QED) is 0.681. The number of likely N-dealkylation sites (N-methyl/N-ethyl adjacent to an activating group) is 1. The van der Waals surface area contributed by atoms with E-state index in [0.29, 0.717) is 26.1 Å². The third-order valence-electron chi connectivity index (χ3n) is 2.83. The van der Waals surface area contributed by atoms with E-state index in [9.17, 15) is 9.59 Å². The lowest BCUT2D eigenvalue weighted by molar-refractivity contribution is -0.137. The molecule has 5 heteroatoms. The number of rotatable bonds is 3. The largest absolute Gasteiger partial charge is 0.341 e. The molecule has 0 aliphatic carbocycles. The highest BCUT2D eigenvalue weighted by atomic mass is 16.2. The molecule has 0 aromatic carbocycles. The van der Waals surface area contributed by atoms with Crippen LogP contribution in [-0.4, -0.2) is 53.8 Å². The number of amides is 2. The monoisotopic (exact) mass is 213 g/mol. The molecule has 0 spiro atoms. The van der Waals surface area contributed by atoms with Crippen molar-refractivity contribution in [3.8, 4) is 0 Å². The highest BCUT2D eigenvalue weighted by Gasteiger charge is 2.27. The zero-order valence-electron chi connectivity index (χ0n) is 9.40. The Morgan fingerprint density at radius 3 is 2.60 bits per heavy atom. The number of nitrogens with zero attached hydrogens (tertiary/aromatic N) is 2. The molecule has 1 fully saturated rings. The van der Waals surface area contributed by atoms with Crippen LogP contribution in [0.3, 0.4) is 0 Å². The second-order valence-corrected chi connectivity index (χ2v) is 3.83. The van der Waals surface area contributed by atoms with Gasteiger partial charge >= 0.3 is 0 Å². The second-order valence-electron chi connectivity index (χ2n) is 3.83. The van der Waals surface area contributed by atoms with Gasteiger partial charge in [0, 0.05) is 32.1 Å². The summed E-state index contributed by atoms with van der Waals surface area (Å²) in [5.74, 6) is 0.0425. The van der Waals surface area contributed by atoms with Crippen LogP contribution >= 0.6 is 0 Å². The van der Waals surface area contributed by atoms with Crippen molar-refractivity contribution in [2.75, 3.05) is 26.2 Å². The van der Waals surface area contributed by atoms with Crippen molar-refractivity contribution in [2.24, 2.45) is 5.73 Å². The van der Waals surface area contributed by atoms with Gasteiger partial charge in [-0.3, -0.25) is 9.59 Å². The Balaban J connectivity index is 2.74. The zero-order valence-corrected chi connectivity index (χ0v) is 9.40. The molecule has 2 N–H and O–H groups in total. The molecule has 2 amide bonds. The van der Waals surface area contributed by atoms with E-state index < -0.39 is 0 Å². The third-order valence-corrected chi connectivity index (χ3v) is 2.83. The summed E-state index contributed by atoms with van der Waals surface area (Å²) in [6, 6.07) is -0.0572. The van der Waals surface area contributed by atoms with Gasteiger partial charge in [0.05, 0.1) is 0 Å². The molecular formula is C10H19N3O2. The van der Waals surface area contributed by atoms with Crippen molar-refractivity contribution in [1.29, 1.82) is 0 Å². The summed E-state index contributed by atoms with van der Waals surface area (Å²) in [6.45, 7) is 5.55. The molecule has 1 aliphatic rings. The van der Waals surface area contributed by atoms with Gasteiger partial charge in [-0.2, -0.15) is 0 Å². The molecule has 1 aliphatic heterocycles. The van der Waals surface area contributed by atoms with Gasteiger partial charge in [0.15, 0.2) is 0 Å². The van der Waals surface area contributed by atoms with E-state index >= 15 is 0 Å². The van der Waals surface area contributed by atoms with Crippen molar-refractivity contribution in [3.63, 3.8) is 0 Å². The Hall–Kier alpha value is -1.10. The summed E-state index contributed by atoms with van der Waals surface area (Å²) < 4.78 is 0. The van der Waals surface area contributed by atoms with Crippen LogP contribution in [0.2, 0.25) is 0 Å². The van der Waals surface area contributed by atoms with Gasteiger partial charge in [-0.1, -0.05) is 0 Å². The molecular weight excluding hydrogens is 194 g/mol. The van der Waals surface area contributed by atoms with Gasteiger partial charge in [-0.15, -0.1) is 0 Å². The lowest BCUT2D eigenvalue weighted by atomic mass is 10.2. The summed E-state index contributed by atoms with van der Waals surface area (Å²) >= 11 is 0. The Morgan fingerprint density at radius 2 is 2.07 bits per heavy atom. The zero-order chi connectivity index (χ0) is 11.4. The predicted octanol–water partition coefficient (Wildman–Crippen LogP) is -0.586. The Kier molecular flexibility index (Phi) is 4.08. The number of nitrogens with two attached hydrogens (primary N) is 1. The first kappa shape index (κ1) is 12.0. The minimum absolute atomic E-state index is 0.0173. The van der Waals surface area contributed by atoms with Gasteiger partial charge < -0.3 is 15.5 Å². The van der Waals surface area contributed by atoms with Crippen molar-refractivity contribution >= 4 is 11.8 Å². The van der Waals surface area contributed by atoms with E-state index in [1.165, 1.54) is 0 Å². The van der Waals surface area contributed by atoms with Crippen molar-refractivity contribution in [2.45, 2.75) is 26.3 Å². The molecule has 0 radical (unpaired) electrons. The summed E-state index contributed by atoms with van der Waals surface area (Å²) in [5, 5.41) is 0. The van der Waals surface area contributed by atoms with E-state index in [4.69, 9.17) is 5.73 Å². The first-order valence-electron chi connectivity index (χ1n) is 5.37. The van der Waals surface area contributed by atoms with Crippen molar-refractivity contribution < 1.29 is 9.59 Å². The van der Waals surface area contributed by atoms with Crippen LogP contribution in [0.5, 0.6) is 0 Å². The molecule has 1 heterocycles. The second kappa shape index (κ2) is 5.11. The van der Waals surface area contributed by atoms with Crippen LogP contribution in [0.15, 0.2) is 0 Å². The molecule has 1 saturated heterocycles. The highest BCUT2D eigenvalue weighted by molar-refractivity contribution is 5.87. The summed E-state index contributed by atoms with van der Waals surface area (Å²) in [5.41, 5.74) is 5.51. The fraction of sp³-hybridized carbons (Fsp3) is 0.800. The smallest absolute Gasteiger partial charge is 0.242 e. The topological polar surface area (TPSA) is 66.6 Å². The maximum Gasteiger partial charge on any atom is 0.242 e. The van der Waals surface area contributed by atoms with Gasteiger partial charge in [0.25, 0.3) is 0 Å². The van der Waals surface area contributed by atoms with Gasteiger partial charge in [-0.05, 0) is 13.8 Å². The van der Waals surface area contributed by atoms with E-state index in [0.717, 1.165) is 0 Å². The molecule has 1 rings (SSSR count). The minimum atomic E-state index is -0.0572. The fourth-order valence-electron chi connectivity index (χ4n) is 1.70. The molecule has 5 nitrogen and oxygen atoms in total. The number of hydrogen-bond acceptors (Lipinski definition) is 3. The SMILES string of the molecule is CCN1CCC(=O)N(C(C)CN)CC1=O. The van der Waals surface area contributed by atoms with Crippen LogP contribution in [0.4, 0.5) is 0 Å². The van der Waals surface area contributed by atoms with Crippen molar-refractivity contribution in [1.82, 2.24) is 9.80 Å². The first-order valence-corrected chi connectivity index (χ1v) is 5.37. The summed E-state index contributed by atoms with van der Waals surface area (Å²) in [7, 11) is 0. The Bertz CT molecular complexity index is 253. The number of carbonyl (C=O) groups is 2. The Labute approximate surface area is 90.2 Å². The standard InChI is InChI=1S/C10H19N3O2/c1-3-12-5-4-9(14)13(7-10(12)15)8(2)6-11/h8H,3-7,11H2,1-2H3. The summed E-state index contributed by atoms with van der Waals surface area (Å²) in [6.07, 6.45) is 0.407. The molecule has 15 heavy (non-hydrogen) atoms. The minimum Gasteiger partial charge on any atom is -0.341 e. The lowest BCUT2D eigenvalue weighted by Crippen LogP contribution is -2.45. The summed E-state index contributed by atoms with van der Waals surface area (Å²) in [4.78, 5) is 26.7. The predicted molar refractivity (Wildman–Crippen MR) is 57.1 cm³/mol. The lowest BCUT2D eigenvalue weighted by Gasteiger charge is -2.26. The number of carbonyl (C=O) groups excluding carboxylic acids is 2. The van der Waals surface area contributed by atoms with Crippen LogP contribution in [-0.2, 0) is 9.59 Å². The normalized spacial score (nSPS) is 20.5. The van der Waals surface area contributed by atoms with Gasteiger partial charge in [-0.25, -0.2) is 0 Å². The molecule has 1 unspecified atom stereocenters. The van der Waals surface area contributed by atoms with Gasteiger partial charge in [0.1, 0.15) is 6.54 Å².